The monoisotopic (exact) mass is 258 g/mol. The summed E-state index contributed by atoms with van der Waals surface area (Å²) in [6, 6.07) is 0. The van der Waals surface area contributed by atoms with Crippen molar-refractivity contribution in [1.82, 2.24) is 0 Å². The van der Waals surface area contributed by atoms with E-state index in [1.807, 2.05) is 0 Å². The molecule has 0 aromatic heterocycles. The molecule has 0 radical (unpaired) electrons. The standard InChI is InChI=1S/C9H13Cl3O2/c1-6-4-2-3-5-7(6)14-8(13)9(10,11)12/h6-7H,2-5H2,1H3/t6-,7-/m1/s1. The topological polar surface area (TPSA) is 26.3 Å². The zero-order chi connectivity index (χ0) is 10.8. The third kappa shape index (κ3) is 3.48. The average molecular weight is 260 g/mol. The van der Waals surface area contributed by atoms with Crippen LogP contribution >= 0.6 is 34.8 Å². The number of hydrogen-bond acceptors (Lipinski definition) is 2. The first-order valence-electron chi connectivity index (χ1n) is 4.69. The molecule has 1 aliphatic rings. The highest BCUT2D eigenvalue weighted by Crippen LogP contribution is 2.32. The van der Waals surface area contributed by atoms with Gasteiger partial charge in [-0.2, -0.15) is 0 Å². The number of alkyl halides is 3. The number of rotatable bonds is 1. The van der Waals surface area contributed by atoms with Crippen LogP contribution in [-0.2, 0) is 9.53 Å². The summed E-state index contributed by atoms with van der Waals surface area (Å²) in [5.74, 6) is -0.402. The lowest BCUT2D eigenvalue weighted by Gasteiger charge is -2.29. The Morgan fingerprint density at radius 3 is 2.36 bits per heavy atom. The van der Waals surface area contributed by atoms with Gasteiger partial charge in [-0.05, 0) is 25.2 Å². The van der Waals surface area contributed by atoms with Crippen LogP contribution in [0, 0.1) is 5.92 Å². The molecule has 14 heavy (non-hydrogen) atoms. The third-order valence-corrected chi connectivity index (χ3v) is 2.99. The molecule has 2 nitrogen and oxygen atoms in total. The molecule has 2 atom stereocenters. The van der Waals surface area contributed by atoms with Crippen LogP contribution in [0.25, 0.3) is 0 Å². The van der Waals surface area contributed by atoms with Crippen LogP contribution in [0.4, 0.5) is 0 Å². The van der Waals surface area contributed by atoms with Gasteiger partial charge in [0.1, 0.15) is 6.10 Å². The van der Waals surface area contributed by atoms with Gasteiger partial charge in [0.2, 0.25) is 0 Å². The third-order valence-electron chi connectivity index (χ3n) is 2.52. The van der Waals surface area contributed by atoms with Crippen LogP contribution < -0.4 is 0 Å². The summed E-state index contributed by atoms with van der Waals surface area (Å²) in [7, 11) is 0. The van der Waals surface area contributed by atoms with Crippen molar-refractivity contribution in [1.29, 1.82) is 0 Å². The van der Waals surface area contributed by atoms with Gasteiger partial charge in [-0.15, -0.1) is 0 Å². The summed E-state index contributed by atoms with van der Waals surface area (Å²) in [6.07, 6.45) is 4.10. The summed E-state index contributed by atoms with van der Waals surface area (Å²) in [5.41, 5.74) is 0. The van der Waals surface area contributed by atoms with Gasteiger partial charge in [0.05, 0.1) is 0 Å². The van der Waals surface area contributed by atoms with E-state index in [2.05, 4.69) is 6.92 Å². The van der Waals surface area contributed by atoms with Gasteiger partial charge >= 0.3 is 5.97 Å². The van der Waals surface area contributed by atoms with Gasteiger partial charge < -0.3 is 4.74 Å². The zero-order valence-corrected chi connectivity index (χ0v) is 10.2. The van der Waals surface area contributed by atoms with Crippen LogP contribution in [0.15, 0.2) is 0 Å². The van der Waals surface area contributed by atoms with E-state index >= 15 is 0 Å². The summed E-state index contributed by atoms with van der Waals surface area (Å²) in [4.78, 5) is 11.3. The molecular weight excluding hydrogens is 246 g/mol. The van der Waals surface area contributed by atoms with Crippen molar-refractivity contribution in [2.45, 2.75) is 42.5 Å². The Bertz CT molecular complexity index is 213. The van der Waals surface area contributed by atoms with Crippen molar-refractivity contribution >= 4 is 40.8 Å². The fraction of sp³-hybridized carbons (Fsp3) is 0.889. The van der Waals surface area contributed by atoms with Crippen molar-refractivity contribution in [3.05, 3.63) is 0 Å². The lowest BCUT2D eigenvalue weighted by Crippen LogP contribution is -2.33. The summed E-state index contributed by atoms with van der Waals surface area (Å²) >= 11 is 16.2. The Kier molecular flexibility index (Phi) is 4.35. The fourth-order valence-corrected chi connectivity index (χ4v) is 1.80. The van der Waals surface area contributed by atoms with Gasteiger partial charge in [-0.25, -0.2) is 4.79 Å². The Morgan fingerprint density at radius 2 is 1.86 bits per heavy atom. The molecule has 0 bridgehead atoms. The minimum atomic E-state index is -1.95. The molecule has 1 rings (SSSR count). The highest BCUT2D eigenvalue weighted by atomic mass is 35.6. The fourth-order valence-electron chi connectivity index (χ4n) is 1.66. The van der Waals surface area contributed by atoms with Crippen molar-refractivity contribution in [3.63, 3.8) is 0 Å². The van der Waals surface area contributed by atoms with Crippen LogP contribution in [0.1, 0.15) is 32.6 Å². The number of carbonyl (C=O) groups is 1. The molecule has 0 heterocycles. The average Bonchev–Trinajstić information content (AvgIpc) is 2.07. The van der Waals surface area contributed by atoms with Crippen molar-refractivity contribution in [2.75, 3.05) is 0 Å². The number of esters is 1. The highest BCUT2D eigenvalue weighted by molar-refractivity contribution is 6.75. The SMILES string of the molecule is C[C@@H]1CCCC[C@H]1OC(=O)C(Cl)(Cl)Cl. The molecule has 0 spiro atoms. The van der Waals surface area contributed by atoms with Gasteiger partial charge in [0.15, 0.2) is 0 Å². The quantitative estimate of drug-likeness (QED) is 0.532. The largest absolute Gasteiger partial charge is 0.459 e. The Hall–Kier alpha value is 0.340. The minimum absolute atomic E-state index is 0.0909. The lowest BCUT2D eigenvalue weighted by atomic mass is 9.88. The lowest BCUT2D eigenvalue weighted by molar-refractivity contribution is -0.152. The van der Waals surface area contributed by atoms with Crippen LogP contribution in [0.5, 0.6) is 0 Å². The maximum atomic E-state index is 11.3. The number of hydrogen-bond donors (Lipinski definition) is 0. The van der Waals surface area contributed by atoms with Gasteiger partial charge in [-0.3, -0.25) is 0 Å². The van der Waals surface area contributed by atoms with Crippen LogP contribution in [-0.4, -0.2) is 15.9 Å². The van der Waals surface area contributed by atoms with E-state index in [1.165, 1.54) is 6.42 Å². The molecule has 82 valence electrons. The number of halogens is 3. The molecule has 5 heteroatoms. The summed E-state index contributed by atoms with van der Waals surface area (Å²) < 4.78 is 3.19. The molecular formula is C9H13Cl3O2. The second-order valence-corrected chi connectivity index (χ2v) is 5.98. The summed E-state index contributed by atoms with van der Waals surface area (Å²) in [5, 5.41) is 0. The Balaban J connectivity index is 2.46. The Morgan fingerprint density at radius 1 is 1.29 bits per heavy atom. The van der Waals surface area contributed by atoms with E-state index in [-0.39, 0.29) is 6.10 Å². The molecule has 0 aromatic rings. The van der Waals surface area contributed by atoms with Crippen LogP contribution in [0.2, 0.25) is 0 Å². The molecule has 0 N–H and O–H groups in total. The van der Waals surface area contributed by atoms with Crippen molar-refractivity contribution in [2.24, 2.45) is 5.92 Å². The summed E-state index contributed by atoms with van der Waals surface area (Å²) in [6.45, 7) is 2.05. The molecule has 1 saturated carbocycles. The zero-order valence-electron chi connectivity index (χ0n) is 7.93. The first kappa shape index (κ1) is 12.4. The molecule has 1 aliphatic carbocycles. The molecule has 0 amide bonds. The van der Waals surface area contributed by atoms with Crippen molar-refractivity contribution in [3.8, 4) is 0 Å². The molecule has 1 fully saturated rings. The van der Waals surface area contributed by atoms with E-state index in [9.17, 15) is 4.79 Å². The van der Waals surface area contributed by atoms with E-state index in [1.54, 1.807) is 0 Å². The predicted molar refractivity (Wildman–Crippen MR) is 57.8 cm³/mol. The van der Waals surface area contributed by atoms with E-state index in [0.717, 1.165) is 19.3 Å². The van der Waals surface area contributed by atoms with Crippen molar-refractivity contribution < 1.29 is 9.53 Å². The first-order valence-corrected chi connectivity index (χ1v) is 5.82. The molecule has 0 unspecified atom stereocenters. The molecule has 0 saturated heterocycles. The van der Waals surface area contributed by atoms with E-state index in [4.69, 9.17) is 39.5 Å². The van der Waals surface area contributed by atoms with Gasteiger partial charge in [0, 0.05) is 0 Å². The normalized spacial score (nSPS) is 28.6. The maximum absolute atomic E-state index is 11.3. The second kappa shape index (κ2) is 4.91. The number of carbonyl (C=O) groups excluding carboxylic acids is 1. The minimum Gasteiger partial charge on any atom is -0.459 e. The predicted octanol–water partition coefficient (Wildman–Crippen LogP) is 3.48. The second-order valence-electron chi connectivity index (χ2n) is 3.70. The maximum Gasteiger partial charge on any atom is 0.358 e. The van der Waals surface area contributed by atoms with E-state index in [0.29, 0.717) is 5.92 Å². The van der Waals surface area contributed by atoms with Crippen LogP contribution in [0.3, 0.4) is 0 Å². The van der Waals surface area contributed by atoms with E-state index < -0.39 is 9.76 Å². The van der Waals surface area contributed by atoms with Gasteiger partial charge in [-0.1, -0.05) is 48.1 Å². The first-order chi connectivity index (χ1) is 6.41. The van der Waals surface area contributed by atoms with Gasteiger partial charge in [0.25, 0.3) is 3.79 Å². The molecule has 0 aromatic carbocycles. The molecule has 0 aliphatic heterocycles. The Labute approximate surface area is 98.8 Å². The number of ether oxygens (including phenoxy) is 1. The smallest absolute Gasteiger partial charge is 0.358 e. The highest BCUT2D eigenvalue weighted by Gasteiger charge is 2.36.